The fourth-order valence-corrected chi connectivity index (χ4v) is 1.71. The van der Waals surface area contributed by atoms with Crippen molar-refractivity contribution in [2.75, 3.05) is 11.4 Å². The second-order valence-corrected chi connectivity index (χ2v) is 3.91. The molecular weight excluding hydrogens is 188 g/mol. The van der Waals surface area contributed by atoms with E-state index in [-0.39, 0.29) is 0 Å². The number of aldehydes is 1. The van der Waals surface area contributed by atoms with Gasteiger partial charge >= 0.3 is 0 Å². The number of pyridine rings is 1. The Bertz CT molecular complexity index is 347. The molecule has 0 radical (unpaired) electrons. The van der Waals surface area contributed by atoms with Crippen molar-refractivity contribution in [1.29, 1.82) is 0 Å². The molecule has 0 aliphatic heterocycles. The maximum Gasteiger partial charge on any atom is 0.151 e. The van der Waals surface area contributed by atoms with Crippen molar-refractivity contribution < 1.29 is 4.79 Å². The van der Waals surface area contributed by atoms with Gasteiger partial charge in [0.15, 0.2) is 6.29 Å². The normalized spacial score (nSPS) is 10.5. The van der Waals surface area contributed by atoms with Crippen molar-refractivity contribution in [3.63, 3.8) is 0 Å². The number of hydrogen-bond acceptors (Lipinski definition) is 3. The first-order chi connectivity index (χ1) is 7.10. The zero-order valence-corrected chi connectivity index (χ0v) is 9.82. The number of hydrogen-bond donors (Lipinski definition) is 0. The van der Waals surface area contributed by atoms with Crippen LogP contribution in [0, 0.1) is 6.92 Å². The third-order valence-corrected chi connectivity index (χ3v) is 2.44. The first kappa shape index (κ1) is 11.7. The molecule has 1 aromatic rings. The van der Waals surface area contributed by atoms with Crippen LogP contribution >= 0.6 is 0 Å². The molecule has 3 nitrogen and oxygen atoms in total. The highest BCUT2D eigenvalue weighted by Crippen LogP contribution is 2.19. The lowest BCUT2D eigenvalue weighted by atomic mass is 10.2. The van der Waals surface area contributed by atoms with Crippen LogP contribution in [0.5, 0.6) is 0 Å². The molecule has 0 N–H and O–H groups in total. The van der Waals surface area contributed by atoms with Crippen molar-refractivity contribution in [2.45, 2.75) is 33.7 Å². The van der Waals surface area contributed by atoms with Crippen molar-refractivity contribution in [1.82, 2.24) is 4.98 Å². The summed E-state index contributed by atoms with van der Waals surface area (Å²) < 4.78 is 0. The summed E-state index contributed by atoms with van der Waals surface area (Å²) in [5.74, 6) is 0.970. The van der Waals surface area contributed by atoms with E-state index in [0.717, 1.165) is 24.2 Å². The van der Waals surface area contributed by atoms with Gasteiger partial charge in [-0.1, -0.05) is 0 Å². The van der Waals surface area contributed by atoms with Crippen molar-refractivity contribution in [3.05, 3.63) is 23.4 Å². The Morgan fingerprint density at radius 2 is 2.20 bits per heavy atom. The molecule has 0 atom stereocenters. The van der Waals surface area contributed by atoms with E-state index in [9.17, 15) is 4.79 Å². The van der Waals surface area contributed by atoms with E-state index >= 15 is 0 Å². The topological polar surface area (TPSA) is 33.2 Å². The standard InChI is InChI=1S/C12H18N2O/c1-5-14(9(2)3)12-10(4)6-11(8-15)7-13-12/h6-9H,5H2,1-4H3. The number of anilines is 1. The third-order valence-electron chi connectivity index (χ3n) is 2.44. The molecular formula is C12H18N2O. The summed E-state index contributed by atoms with van der Waals surface area (Å²) in [6.07, 6.45) is 2.45. The molecule has 0 saturated carbocycles. The van der Waals surface area contributed by atoms with Crippen LogP contribution in [-0.2, 0) is 0 Å². The van der Waals surface area contributed by atoms with Crippen LogP contribution in [0.1, 0.15) is 36.7 Å². The predicted octanol–water partition coefficient (Wildman–Crippen LogP) is 2.44. The van der Waals surface area contributed by atoms with Gasteiger partial charge < -0.3 is 4.90 Å². The molecule has 1 heterocycles. The SMILES string of the molecule is CCN(c1ncc(C=O)cc1C)C(C)C. The summed E-state index contributed by atoms with van der Waals surface area (Å²) >= 11 is 0. The molecule has 0 spiro atoms. The Kier molecular flexibility index (Phi) is 3.83. The molecule has 82 valence electrons. The second kappa shape index (κ2) is 4.91. The number of aryl methyl sites for hydroxylation is 1. The average molecular weight is 206 g/mol. The van der Waals surface area contributed by atoms with Crippen LogP contribution in [0.3, 0.4) is 0 Å². The minimum absolute atomic E-state index is 0.420. The summed E-state index contributed by atoms with van der Waals surface area (Å²) in [5, 5.41) is 0. The summed E-state index contributed by atoms with van der Waals surface area (Å²) in [6, 6.07) is 2.30. The minimum Gasteiger partial charge on any atom is -0.354 e. The average Bonchev–Trinajstić information content (AvgIpc) is 2.20. The molecule has 3 heteroatoms. The highest BCUT2D eigenvalue weighted by molar-refractivity contribution is 5.75. The lowest BCUT2D eigenvalue weighted by Crippen LogP contribution is -2.31. The van der Waals surface area contributed by atoms with Crippen LogP contribution in [0.25, 0.3) is 0 Å². The lowest BCUT2D eigenvalue weighted by Gasteiger charge is -2.27. The summed E-state index contributed by atoms with van der Waals surface area (Å²) in [6.45, 7) is 9.29. The number of carbonyl (C=O) groups is 1. The molecule has 0 unspecified atom stereocenters. The fraction of sp³-hybridized carbons (Fsp3) is 0.500. The fourth-order valence-electron chi connectivity index (χ4n) is 1.71. The largest absolute Gasteiger partial charge is 0.354 e. The van der Waals surface area contributed by atoms with Gasteiger partial charge in [-0.2, -0.15) is 0 Å². The van der Waals surface area contributed by atoms with E-state index in [1.54, 1.807) is 6.20 Å². The summed E-state index contributed by atoms with van der Waals surface area (Å²) in [5.41, 5.74) is 1.69. The Balaban J connectivity index is 3.08. The highest BCUT2D eigenvalue weighted by atomic mass is 16.1. The minimum atomic E-state index is 0.420. The van der Waals surface area contributed by atoms with E-state index < -0.39 is 0 Å². The van der Waals surface area contributed by atoms with E-state index in [1.807, 2.05) is 13.0 Å². The predicted molar refractivity (Wildman–Crippen MR) is 62.5 cm³/mol. The Morgan fingerprint density at radius 1 is 1.53 bits per heavy atom. The van der Waals surface area contributed by atoms with Gasteiger partial charge in [-0.25, -0.2) is 4.98 Å². The molecule has 0 fully saturated rings. The molecule has 0 saturated heterocycles. The van der Waals surface area contributed by atoms with Gasteiger partial charge in [-0.05, 0) is 39.3 Å². The number of nitrogens with zero attached hydrogens (tertiary/aromatic N) is 2. The van der Waals surface area contributed by atoms with Crippen LogP contribution in [-0.4, -0.2) is 23.9 Å². The van der Waals surface area contributed by atoms with Crippen LogP contribution < -0.4 is 4.90 Å². The first-order valence-corrected chi connectivity index (χ1v) is 5.28. The van der Waals surface area contributed by atoms with Gasteiger partial charge in [0.1, 0.15) is 5.82 Å². The molecule has 0 amide bonds. The highest BCUT2D eigenvalue weighted by Gasteiger charge is 2.12. The summed E-state index contributed by atoms with van der Waals surface area (Å²) in [4.78, 5) is 17.1. The third kappa shape index (κ3) is 2.55. The van der Waals surface area contributed by atoms with Gasteiger partial charge in [0, 0.05) is 24.3 Å². The second-order valence-electron chi connectivity index (χ2n) is 3.91. The van der Waals surface area contributed by atoms with Gasteiger partial charge in [0.25, 0.3) is 0 Å². The smallest absolute Gasteiger partial charge is 0.151 e. The van der Waals surface area contributed by atoms with E-state index in [4.69, 9.17) is 0 Å². The number of rotatable bonds is 4. The van der Waals surface area contributed by atoms with Gasteiger partial charge in [-0.3, -0.25) is 4.79 Å². The summed E-state index contributed by atoms with van der Waals surface area (Å²) in [7, 11) is 0. The van der Waals surface area contributed by atoms with E-state index in [0.29, 0.717) is 11.6 Å². The quantitative estimate of drug-likeness (QED) is 0.709. The molecule has 1 rings (SSSR count). The Hall–Kier alpha value is -1.38. The van der Waals surface area contributed by atoms with Crippen LogP contribution in [0.15, 0.2) is 12.3 Å². The number of carbonyl (C=O) groups excluding carboxylic acids is 1. The Morgan fingerprint density at radius 3 is 2.60 bits per heavy atom. The maximum atomic E-state index is 10.6. The molecule has 0 aliphatic rings. The zero-order chi connectivity index (χ0) is 11.4. The van der Waals surface area contributed by atoms with Crippen LogP contribution in [0.4, 0.5) is 5.82 Å². The van der Waals surface area contributed by atoms with Crippen molar-refractivity contribution in [2.24, 2.45) is 0 Å². The Labute approximate surface area is 91.1 Å². The van der Waals surface area contributed by atoms with Crippen LogP contribution in [0.2, 0.25) is 0 Å². The van der Waals surface area contributed by atoms with E-state index in [2.05, 4.69) is 30.7 Å². The zero-order valence-electron chi connectivity index (χ0n) is 9.82. The number of aromatic nitrogens is 1. The molecule has 15 heavy (non-hydrogen) atoms. The maximum absolute atomic E-state index is 10.6. The molecule has 0 aliphatic carbocycles. The molecule has 0 aromatic carbocycles. The lowest BCUT2D eigenvalue weighted by molar-refractivity contribution is 0.112. The van der Waals surface area contributed by atoms with Gasteiger partial charge in [0.2, 0.25) is 0 Å². The first-order valence-electron chi connectivity index (χ1n) is 5.28. The molecule has 1 aromatic heterocycles. The van der Waals surface area contributed by atoms with E-state index in [1.165, 1.54) is 0 Å². The monoisotopic (exact) mass is 206 g/mol. The van der Waals surface area contributed by atoms with Gasteiger partial charge in [0.05, 0.1) is 0 Å². The van der Waals surface area contributed by atoms with Crippen molar-refractivity contribution >= 4 is 12.1 Å². The van der Waals surface area contributed by atoms with Gasteiger partial charge in [-0.15, -0.1) is 0 Å². The van der Waals surface area contributed by atoms with Crippen molar-refractivity contribution in [3.8, 4) is 0 Å². The molecule has 0 bridgehead atoms.